The minimum Gasteiger partial charge on any atom is -0.357 e. The third-order valence-electron chi connectivity index (χ3n) is 3.49. The van der Waals surface area contributed by atoms with Gasteiger partial charge in [0.1, 0.15) is 0 Å². The maximum Gasteiger partial charge on any atom is 0.208 e. The molecule has 0 aromatic rings. The highest BCUT2D eigenvalue weighted by molar-refractivity contribution is 7.88. The molecule has 0 spiro atoms. The minimum atomic E-state index is -3.13. The number of hydrogen-bond donors (Lipinski definition) is 3. The summed E-state index contributed by atoms with van der Waals surface area (Å²) in [4.78, 5) is 7.06. The van der Waals surface area contributed by atoms with Crippen LogP contribution in [0.25, 0.3) is 0 Å². The van der Waals surface area contributed by atoms with Gasteiger partial charge in [-0.05, 0) is 32.9 Å². The second-order valence-corrected chi connectivity index (χ2v) is 7.07. The molecule has 1 aliphatic heterocycles. The van der Waals surface area contributed by atoms with Crippen molar-refractivity contribution in [3.63, 3.8) is 0 Å². The summed E-state index contributed by atoms with van der Waals surface area (Å²) in [5, 5.41) is 6.32. The predicted molar refractivity (Wildman–Crippen MR) is 87.1 cm³/mol. The van der Waals surface area contributed by atoms with Crippen LogP contribution in [0, 0.1) is 0 Å². The maximum absolute atomic E-state index is 11.0. The summed E-state index contributed by atoms with van der Waals surface area (Å²) >= 11 is 0. The van der Waals surface area contributed by atoms with Gasteiger partial charge in [-0.2, -0.15) is 0 Å². The second kappa shape index (κ2) is 9.22. The summed E-state index contributed by atoms with van der Waals surface area (Å²) in [5.41, 5.74) is 0. The van der Waals surface area contributed by atoms with Gasteiger partial charge < -0.3 is 10.6 Å². The van der Waals surface area contributed by atoms with Crippen molar-refractivity contribution < 1.29 is 8.42 Å². The third-order valence-corrected chi connectivity index (χ3v) is 4.22. The van der Waals surface area contributed by atoms with Crippen LogP contribution in [-0.2, 0) is 10.0 Å². The van der Waals surface area contributed by atoms with Crippen LogP contribution >= 0.6 is 0 Å². The molecule has 1 unspecified atom stereocenters. The highest BCUT2D eigenvalue weighted by Gasteiger charge is 2.22. The number of sulfonamides is 1. The molecule has 0 radical (unpaired) electrons. The molecule has 21 heavy (non-hydrogen) atoms. The number of likely N-dealkylation sites (N-methyl/N-ethyl adjacent to an activating group) is 1. The van der Waals surface area contributed by atoms with E-state index in [2.05, 4.69) is 32.2 Å². The number of nitrogens with zero attached hydrogens (tertiary/aromatic N) is 2. The van der Waals surface area contributed by atoms with Crippen molar-refractivity contribution in [3.05, 3.63) is 0 Å². The molecule has 124 valence electrons. The van der Waals surface area contributed by atoms with E-state index in [9.17, 15) is 8.42 Å². The van der Waals surface area contributed by atoms with Gasteiger partial charge in [-0.3, -0.25) is 9.89 Å². The lowest BCUT2D eigenvalue weighted by Gasteiger charge is -2.21. The van der Waals surface area contributed by atoms with E-state index in [1.807, 2.05) is 6.92 Å². The number of guanidine groups is 1. The Bertz CT molecular complexity index is 424. The van der Waals surface area contributed by atoms with Crippen LogP contribution < -0.4 is 15.4 Å². The number of nitrogens with one attached hydrogen (secondary N) is 3. The first kappa shape index (κ1) is 18.2. The van der Waals surface area contributed by atoms with Crippen molar-refractivity contribution in [1.82, 2.24) is 20.3 Å². The Labute approximate surface area is 128 Å². The van der Waals surface area contributed by atoms with Crippen molar-refractivity contribution in [1.29, 1.82) is 0 Å². The SMILES string of the molecule is CCNC(=NCC1CCCN1CC)NCCNS(C)(=O)=O. The van der Waals surface area contributed by atoms with Crippen LogP contribution in [0.1, 0.15) is 26.7 Å². The lowest BCUT2D eigenvalue weighted by Crippen LogP contribution is -2.42. The first-order valence-corrected chi connectivity index (χ1v) is 9.56. The highest BCUT2D eigenvalue weighted by Crippen LogP contribution is 2.16. The number of aliphatic imine (C=N–C) groups is 1. The fourth-order valence-electron chi connectivity index (χ4n) is 2.47. The smallest absolute Gasteiger partial charge is 0.208 e. The van der Waals surface area contributed by atoms with E-state index in [0.29, 0.717) is 19.1 Å². The molecule has 0 aromatic heterocycles. The quantitative estimate of drug-likeness (QED) is 0.321. The minimum absolute atomic E-state index is 0.355. The number of rotatable bonds is 8. The summed E-state index contributed by atoms with van der Waals surface area (Å²) < 4.78 is 24.4. The molecule has 1 heterocycles. The zero-order chi connectivity index (χ0) is 15.7. The van der Waals surface area contributed by atoms with Gasteiger partial charge in [0.15, 0.2) is 5.96 Å². The Morgan fingerprint density at radius 3 is 2.67 bits per heavy atom. The average molecular weight is 319 g/mol. The fourth-order valence-corrected chi connectivity index (χ4v) is 2.95. The Morgan fingerprint density at radius 1 is 1.29 bits per heavy atom. The van der Waals surface area contributed by atoms with Gasteiger partial charge in [-0.1, -0.05) is 6.92 Å². The van der Waals surface area contributed by atoms with E-state index >= 15 is 0 Å². The Kier molecular flexibility index (Phi) is 7.98. The van der Waals surface area contributed by atoms with Gasteiger partial charge >= 0.3 is 0 Å². The Balaban J connectivity index is 2.39. The van der Waals surface area contributed by atoms with Crippen LogP contribution in [0.4, 0.5) is 0 Å². The second-order valence-electron chi connectivity index (χ2n) is 5.24. The summed E-state index contributed by atoms with van der Waals surface area (Å²) in [5.74, 6) is 0.746. The maximum atomic E-state index is 11.0. The van der Waals surface area contributed by atoms with Crippen LogP contribution in [0.15, 0.2) is 4.99 Å². The lowest BCUT2D eigenvalue weighted by molar-refractivity contribution is 0.273. The number of likely N-dealkylation sites (tertiary alicyclic amines) is 1. The summed E-state index contributed by atoms with van der Waals surface area (Å²) in [6.07, 6.45) is 3.61. The molecule has 1 fully saturated rings. The van der Waals surface area contributed by atoms with E-state index in [1.165, 1.54) is 19.4 Å². The lowest BCUT2D eigenvalue weighted by atomic mass is 10.2. The molecular formula is C13H29N5O2S. The molecular weight excluding hydrogens is 290 g/mol. The molecule has 0 aliphatic carbocycles. The third kappa shape index (κ3) is 7.63. The van der Waals surface area contributed by atoms with Crippen molar-refractivity contribution in [3.8, 4) is 0 Å². The van der Waals surface area contributed by atoms with E-state index in [4.69, 9.17) is 0 Å². The highest BCUT2D eigenvalue weighted by atomic mass is 32.2. The van der Waals surface area contributed by atoms with Crippen molar-refractivity contribution in [2.24, 2.45) is 4.99 Å². The molecule has 0 saturated carbocycles. The standard InChI is InChI=1S/C13H29N5O2S/c1-4-14-13(15-8-9-17-21(3,19)20)16-11-12-7-6-10-18(12)5-2/h12,17H,4-11H2,1-3H3,(H2,14,15,16). The molecule has 0 aromatic carbocycles. The van der Waals surface area contributed by atoms with Gasteiger partial charge in [0.2, 0.25) is 10.0 Å². The molecule has 0 amide bonds. The van der Waals surface area contributed by atoms with E-state index < -0.39 is 10.0 Å². The van der Waals surface area contributed by atoms with Gasteiger partial charge in [-0.15, -0.1) is 0 Å². The van der Waals surface area contributed by atoms with Gasteiger partial charge in [-0.25, -0.2) is 13.1 Å². The molecule has 3 N–H and O–H groups in total. The van der Waals surface area contributed by atoms with E-state index in [-0.39, 0.29) is 0 Å². The topological polar surface area (TPSA) is 85.8 Å². The van der Waals surface area contributed by atoms with E-state index in [1.54, 1.807) is 0 Å². The van der Waals surface area contributed by atoms with Crippen LogP contribution in [-0.4, -0.2) is 70.8 Å². The van der Waals surface area contributed by atoms with Crippen molar-refractivity contribution in [2.75, 3.05) is 45.5 Å². The molecule has 7 nitrogen and oxygen atoms in total. The molecule has 8 heteroatoms. The zero-order valence-corrected chi connectivity index (χ0v) is 14.2. The normalized spacial score (nSPS) is 20.7. The van der Waals surface area contributed by atoms with Crippen LogP contribution in [0.3, 0.4) is 0 Å². The van der Waals surface area contributed by atoms with Crippen molar-refractivity contribution >= 4 is 16.0 Å². The largest absolute Gasteiger partial charge is 0.357 e. The van der Waals surface area contributed by atoms with E-state index in [0.717, 1.165) is 31.8 Å². The predicted octanol–water partition coefficient (Wildman–Crippen LogP) is -0.425. The van der Waals surface area contributed by atoms with Crippen LogP contribution in [0.2, 0.25) is 0 Å². The van der Waals surface area contributed by atoms with Crippen molar-refractivity contribution in [2.45, 2.75) is 32.7 Å². The summed E-state index contributed by atoms with van der Waals surface area (Å²) in [6, 6.07) is 0.527. The monoisotopic (exact) mass is 319 g/mol. The summed E-state index contributed by atoms with van der Waals surface area (Å²) in [7, 11) is -3.13. The molecule has 1 saturated heterocycles. The molecule has 1 rings (SSSR count). The Hall–Kier alpha value is -0.860. The number of hydrogen-bond acceptors (Lipinski definition) is 4. The Morgan fingerprint density at radius 2 is 2.05 bits per heavy atom. The molecule has 1 atom stereocenters. The van der Waals surface area contributed by atoms with Gasteiger partial charge in [0.25, 0.3) is 0 Å². The fraction of sp³-hybridized carbons (Fsp3) is 0.923. The summed E-state index contributed by atoms with van der Waals surface area (Å²) in [6.45, 7) is 8.87. The average Bonchev–Trinajstić information content (AvgIpc) is 2.87. The van der Waals surface area contributed by atoms with Gasteiger partial charge in [0.05, 0.1) is 12.8 Å². The molecule has 1 aliphatic rings. The molecule has 0 bridgehead atoms. The first-order chi connectivity index (χ1) is 9.96. The van der Waals surface area contributed by atoms with Gasteiger partial charge in [0, 0.05) is 25.7 Å². The first-order valence-electron chi connectivity index (χ1n) is 7.67. The zero-order valence-electron chi connectivity index (χ0n) is 13.4. The van der Waals surface area contributed by atoms with Crippen LogP contribution in [0.5, 0.6) is 0 Å².